The molecule has 4 saturated heterocycles. The number of aliphatic hydroxyl groups is 7. The maximum Gasteiger partial charge on any atom is 0.469 e. The van der Waals surface area contributed by atoms with Crippen LogP contribution < -0.4 is 21.3 Å². The molecular formula is C99H137N12O19P. The van der Waals surface area contributed by atoms with Crippen molar-refractivity contribution in [3.8, 4) is 0 Å². The molecule has 4 amide bonds. The summed E-state index contributed by atoms with van der Waals surface area (Å²) in [7, 11) is -4.74. The lowest BCUT2D eigenvalue weighted by atomic mass is 9.88. The van der Waals surface area contributed by atoms with Crippen LogP contribution in [0, 0.1) is 29.6 Å². The van der Waals surface area contributed by atoms with Crippen LogP contribution in [0.15, 0.2) is 183 Å². The third kappa shape index (κ3) is 26.9. The van der Waals surface area contributed by atoms with Gasteiger partial charge in [0.1, 0.15) is 48.6 Å². The summed E-state index contributed by atoms with van der Waals surface area (Å²) in [6.07, 6.45) is 17.5. The number of hydrogen-bond acceptors (Lipinski definition) is 21. The van der Waals surface area contributed by atoms with E-state index in [1.807, 2.05) is 154 Å². The first-order valence-corrected chi connectivity index (χ1v) is 48.3. The molecule has 0 radical (unpaired) electrons. The Morgan fingerprint density at radius 3 is 1.17 bits per heavy atom. The van der Waals surface area contributed by atoms with Gasteiger partial charge in [-0.15, -0.1) is 0 Å². The minimum atomic E-state index is -4.74. The Kier molecular flexibility index (Phi) is 38.3. The number of benzene rings is 6. The van der Waals surface area contributed by atoms with Crippen molar-refractivity contribution in [3.05, 3.63) is 216 Å². The van der Waals surface area contributed by atoms with Crippen LogP contribution in [0.25, 0.3) is 43.6 Å². The molecule has 5 aliphatic rings. The molecular weight excluding hydrogens is 1690 g/mol. The SMILES string of the molecule is CC(c1ccccc1)N1O[C@@H]([C@H](C)O)[C@@H](CO)[C@H]1C(=O)NCCc1c[nH]c2ccccc12.CCCCN1O[C@@H]([C@H](C)O)[C@@H](COP(=O)(O)O)[C@H]1C(=O)NCCc1c[nH]c2ccccc12.C[C@H](O)[C@@H]1ON(CC2CCCCC2)[C@H](C(=O)NCCc2c[nH]c3ccccc23)[C@@H]1CO.C[C@H](O)[C@@H]1ON(CCCCCCc2ccccc2)[C@H](C(=O)NCCc2c[nH]c3ccccc23)[C@@H]1CO. The lowest BCUT2D eigenvalue weighted by molar-refractivity contribution is -0.206. The minimum absolute atomic E-state index is 0.141. The van der Waals surface area contributed by atoms with Crippen LogP contribution in [0.4, 0.5) is 0 Å². The summed E-state index contributed by atoms with van der Waals surface area (Å²) in [6, 6.07) is 49.5. The van der Waals surface area contributed by atoms with Gasteiger partial charge in [-0.3, -0.25) is 43.1 Å². The van der Waals surface area contributed by atoms with E-state index in [4.69, 9.17) is 33.7 Å². The van der Waals surface area contributed by atoms with Gasteiger partial charge in [0, 0.05) is 138 Å². The van der Waals surface area contributed by atoms with Crippen LogP contribution in [0.3, 0.4) is 0 Å². The molecule has 10 aromatic rings. The maximum atomic E-state index is 13.3. The number of carbonyl (C=O) groups is 4. The number of aromatic amines is 4. The molecule has 0 bridgehead atoms. The predicted molar refractivity (Wildman–Crippen MR) is 502 cm³/mol. The van der Waals surface area contributed by atoms with Crippen LogP contribution in [0.2, 0.25) is 0 Å². The van der Waals surface area contributed by atoms with Gasteiger partial charge in [0.25, 0.3) is 0 Å². The van der Waals surface area contributed by atoms with Gasteiger partial charge in [-0.2, -0.15) is 20.3 Å². The molecule has 1 aliphatic carbocycles. The fraction of sp³-hybridized carbons (Fsp3) is 0.515. The zero-order valence-electron chi connectivity index (χ0n) is 76.1. The number of hydrogen-bond donors (Lipinski definition) is 17. The van der Waals surface area contributed by atoms with E-state index in [0.29, 0.717) is 71.0 Å². The first-order valence-electron chi connectivity index (χ1n) is 46.8. The average Bonchev–Trinajstić information content (AvgIpc) is 1.62. The number of phosphoric ester groups is 1. The van der Waals surface area contributed by atoms with E-state index >= 15 is 0 Å². The second-order valence-corrected chi connectivity index (χ2v) is 36.7. The number of para-hydroxylation sites is 4. The number of hydroxylamine groups is 8. The second kappa shape index (κ2) is 49.7. The monoisotopic (exact) mass is 1830 g/mol. The molecule has 8 heterocycles. The largest absolute Gasteiger partial charge is 0.469 e. The van der Waals surface area contributed by atoms with E-state index in [0.717, 1.165) is 130 Å². The number of unbranched alkanes of at least 4 members (excludes halogenated alkanes) is 4. The molecule has 1 unspecified atom stereocenters. The quantitative estimate of drug-likeness (QED) is 0.0125. The number of carbonyl (C=O) groups excluding carboxylic acids is 4. The molecule has 4 aromatic heterocycles. The van der Waals surface area contributed by atoms with Crippen molar-refractivity contribution in [2.24, 2.45) is 29.6 Å². The Labute approximate surface area is 766 Å². The molecule has 1 saturated carbocycles. The summed E-state index contributed by atoms with van der Waals surface area (Å²) in [5, 5.41) is 94.1. The summed E-state index contributed by atoms with van der Waals surface area (Å²) >= 11 is 0. The fourth-order valence-electron chi connectivity index (χ4n) is 19.1. The second-order valence-electron chi connectivity index (χ2n) is 35.4. The van der Waals surface area contributed by atoms with E-state index in [-0.39, 0.29) is 49.5 Å². The van der Waals surface area contributed by atoms with Gasteiger partial charge in [0.2, 0.25) is 23.6 Å². The van der Waals surface area contributed by atoms with Gasteiger partial charge >= 0.3 is 7.82 Å². The highest BCUT2D eigenvalue weighted by Gasteiger charge is 2.54. The number of phosphoric acid groups is 1. The molecule has 131 heavy (non-hydrogen) atoms. The van der Waals surface area contributed by atoms with Crippen molar-refractivity contribution < 1.29 is 93.1 Å². The Hall–Kier alpha value is -9.13. The van der Waals surface area contributed by atoms with Gasteiger partial charge in [0.15, 0.2) is 0 Å². The molecule has 32 heteroatoms. The average molecular weight is 1830 g/mol. The number of aryl methyl sites for hydroxylation is 1. The predicted octanol–water partition coefficient (Wildman–Crippen LogP) is 10.3. The van der Waals surface area contributed by atoms with Crippen LogP contribution >= 0.6 is 7.82 Å². The third-order valence-corrected chi connectivity index (χ3v) is 26.5. The van der Waals surface area contributed by atoms with E-state index < -0.39 is 111 Å². The first kappa shape index (κ1) is 101. The number of aromatic nitrogens is 4. The Balaban J connectivity index is 0.000000158. The summed E-state index contributed by atoms with van der Waals surface area (Å²) in [4.78, 5) is 108. The molecule has 17 N–H and O–H groups in total. The van der Waals surface area contributed by atoms with Crippen LogP contribution in [0.5, 0.6) is 0 Å². The van der Waals surface area contributed by atoms with E-state index in [1.165, 1.54) is 42.2 Å². The van der Waals surface area contributed by atoms with Crippen molar-refractivity contribution in [2.75, 3.05) is 72.2 Å². The fourth-order valence-corrected chi connectivity index (χ4v) is 19.5. The Bertz CT molecular complexity index is 5200. The van der Waals surface area contributed by atoms with Crippen molar-refractivity contribution in [1.29, 1.82) is 0 Å². The molecule has 6 aromatic carbocycles. The van der Waals surface area contributed by atoms with Crippen molar-refractivity contribution >= 4 is 75.1 Å². The minimum Gasteiger partial charge on any atom is -0.396 e. The first-order chi connectivity index (χ1) is 63.4. The summed E-state index contributed by atoms with van der Waals surface area (Å²) in [5.74, 6) is -2.56. The van der Waals surface area contributed by atoms with Gasteiger partial charge in [-0.1, -0.05) is 179 Å². The highest BCUT2D eigenvalue weighted by Crippen LogP contribution is 2.42. The van der Waals surface area contributed by atoms with Crippen molar-refractivity contribution in [1.82, 2.24) is 61.5 Å². The van der Waals surface area contributed by atoms with E-state index in [1.54, 1.807) is 36.0 Å². The van der Waals surface area contributed by atoms with Crippen LogP contribution in [-0.2, 0) is 79.7 Å². The van der Waals surface area contributed by atoms with Crippen LogP contribution in [-0.4, -0.2) is 255 Å². The number of nitrogens with zero attached hydrogens (tertiary/aromatic N) is 4. The number of amides is 4. The van der Waals surface area contributed by atoms with Gasteiger partial charge in [-0.25, -0.2) is 4.57 Å². The smallest absolute Gasteiger partial charge is 0.396 e. The third-order valence-electron chi connectivity index (χ3n) is 26.0. The highest BCUT2D eigenvalue weighted by atomic mass is 31.2. The highest BCUT2D eigenvalue weighted by molar-refractivity contribution is 7.46. The number of nitrogens with one attached hydrogen (secondary N) is 8. The summed E-state index contributed by atoms with van der Waals surface area (Å²) < 4.78 is 16.0. The maximum absolute atomic E-state index is 13.3. The van der Waals surface area contributed by atoms with Crippen LogP contribution in [0.1, 0.15) is 152 Å². The summed E-state index contributed by atoms with van der Waals surface area (Å²) in [6.45, 7) is 12.9. The van der Waals surface area contributed by atoms with Gasteiger partial charge in [0.05, 0.1) is 56.9 Å². The molecule has 4 aliphatic heterocycles. The number of aliphatic hydroxyl groups excluding tert-OH is 7. The van der Waals surface area contributed by atoms with Gasteiger partial charge < -0.3 is 86.7 Å². The standard InChI is InChI=1S/C29H39N3O4.C25H31N3O4.C24H35N3O4.C21H32N3O7P/c1-21(34)28-25(20-33)27(29(35)30-17-16-23-19-31-26-15-9-8-14-24(23)26)32(36-28)18-10-3-2-5-11-22-12-6-4-7-13-22;1-16(18-8-4-3-5-9-18)28-23(21(15-29)24(32-28)17(2)30)25(31)26-13-12-19-14-27-22-11-7-6-10-20(19)22;1-16(29)23-20(15-28)22(27(31-23)14-17-7-3-2-4-8-17)24(30)25-12-11-18-13-26-21-10-6-5-9-19(18)21;1-3-4-11-24-19(17(13-30-32(27,28)29)20(31-24)14(2)25)21(26)22-10-9-15-12-23-18-8-6-5-7-16(15)18/h4,6-9,12-15,19,21,25,27-28,31,33-34H,2-3,5,10-11,16-18,20H2,1H3,(H,30,35);3-11,14,16-17,21,23-24,27,29-30H,12-13,15H2,1-2H3,(H,26,31);5-6,9-10,13,16-17,20,22-23,26,28-29H,2-4,7-8,11-12,14-15H2,1H3,(H,25,30);5-8,12,14,17,19-20,23,25H,3-4,9-11,13H2,1-2H3,(H,22,26)(H2,27,28,29)/t21-,25-,27-,28-;16?,17-,21-,23-,24-;16-,20-,22-,23-;14-,17-,19-,20-/m0000/s1. The lowest BCUT2D eigenvalue weighted by Crippen LogP contribution is -2.49. The normalized spacial score (nSPS) is 23.4. The van der Waals surface area contributed by atoms with Gasteiger partial charge in [-0.05, 0) is 162 Å². The van der Waals surface area contributed by atoms with E-state index in [2.05, 4.69) is 83.7 Å². The zero-order valence-corrected chi connectivity index (χ0v) is 77.0. The number of rotatable bonds is 40. The van der Waals surface area contributed by atoms with Crippen molar-refractivity contribution in [3.63, 3.8) is 0 Å². The molecule has 17 atom stereocenters. The number of H-pyrrole nitrogens is 4. The Morgan fingerprint density at radius 1 is 0.420 bits per heavy atom. The lowest BCUT2D eigenvalue weighted by Gasteiger charge is -2.29. The molecule has 5 fully saturated rings. The molecule has 712 valence electrons. The van der Waals surface area contributed by atoms with Crippen molar-refractivity contribution in [2.45, 2.75) is 223 Å². The molecule has 31 nitrogen and oxygen atoms in total. The van der Waals surface area contributed by atoms with E-state index in [9.17, 15) is 59.5 Å². The molecule has 15 rings (SSSR count). The number of fused-ring (bicyclic) bond motifs is 4. The topological polar surface area (TPSA) is 438 Å². The Morgan fingerprint density at radius 2 is 0.763 bits per heavy atom. The zero-order chi connectivity index (χ0) is 93.1. The molecule has 0 spiro atoms. The summed E-state index contributed by atoms with van der Waals surface area (Å²) in [5.41, 5.74) is 11.2.